The number of ether oxygens (including phenoxy) is 3. The molecule has 0 saturated carbocycles. The normalized spacial score (nSPS) is 14.4. The molecular weight excluding hydrogens is 662 g/mol. The molecule has 0 aromatic heterocycles. The fourth-order valence-corrected chi connectivity index (χ4v) is 5.67. The van der Waals surface area contributed by atoms with Crippen molar-refractivity contribution in [1.29, 1.82) is 0 Å². The Morgan fingerprint density at radius 1 is 0.769 bits per heavy atom. The van der Waals surface area contributed by atoms with E-state index in [4.69, 9.17) is 19.9 Å². The highest BCUT2D eigenvalue weighted by Crippen LogP contribution is 2.19. The predicted molar refractivity (Wildman–Crippen MR) is 204 cm³/mol. The van der Waals surface area contributed by atoms with Crippen LogP contribution in [0.25, 0.3) is 0 Å². The molecule has 4 N–H and O–H groups in total. The van der Waals surface area contributed by atoms with Crippen LogP contribution in [-0.2, 0) is 44.8 Å². The number of benzene rings is 1. The van der Waals surface area contributed by atoms with Crippen LogP contribution in [0.2, 0.25) is 0 Å². The summed E-state index contributed by atoms with van der Waals surface area (Å²) >= 11 is 0. The Morgan fingerprint density at radius 2 is 1.37 bits per heavy atom. The molecule has 1 unspecified atom stereocenters. The van der Waals surface area contributed by atoms with Gasteiger partial charge in [-0.1, -0.05) is 123 Å². The lowest BCUT2D eigenvalue weighted by molar-refractivity contribution is -0.160. The van der Waals surface area contributed by atoms with Crippen LogP contribution >= 0.6 is 0 Å². The molecule has 52 heavy (non-hydrogen) atoms. The number of carbonyl (C=O) groups is 5. The van der Waals surface area contributed by atoms with Gasteiger partial charge in [-0.3, -0.25) is 19.2 Å². The highest BCUT2D eigenvalue weighted by Gasteiger charge is 2.34. The van der Waals surface area contributed by atoms with Crippen molar-refractivity contribution in [3.8, 4) is 0 Å². The van der Waals surface area contributed by atoms with Gasteiger partial charge in [-0.25, -0.2) is 4.79 Å². The molecular formula is C41H69N3O8. The molecule has 0 aliphatic carbocycles. The third-order valence-electron chi connectivity index (χ3n) is 8.80. The lowest BCUT2D eigenvalue weighted by atomic mass is 9.97. The van der Waals surface area contributed by atoms with Gasteiger partial charge in [0.05, 0.1) is 18.9 Å². The Kier molecular flexibility index (Phi) is 22.8. The van der Waals surface area contributed by atoms with Gasteiger partial charge in [-0.15, -0.1) is 0 Å². The minimum Gasteiger partial charge on any atom is -0.461 e. The summed E-state index contributed by atoms with van der Waals surface area (Å²) < 4.78 is 16.8. The maximum absolute atomic E-state index is 13.8. The molecule has 2 amide bonds. The first-order valence-electron chi connectivity index (χ1n) is 19.5. The fourth-order valence-electron chi connectivity index (χ4n) is 5.67. The van der Waals surface area contributed by atoms with Crippen LogP contribution in [0.15, 0.2) is 30.3 Å². The fraction of sp³-hybridized carbons (Fsp3) is 0.732. The molecule has 296 valence electrons. The number of hydrogen-bond acceptors (Lipinski definition) is 9. The number of hydrogen-bond donors (Lipinski definition) is 3. The number of nitrogens with one attached hydrogen (secondary N) is 2. The van der Waals surface area contributed by atoms with Crippen LogP contribution in [0, 0.1) is 11.8 Å². The Bertz CT molecular complexity index is 1200. The van der Waals surface area contributed by atoms with Gasteiger partial charge in [0, 0.05) is 0 Å². The number of nitrogens with two attached hydrogens (primary N) is 1. The van der Waals surface area contributed by atoms with Gasteiger partial charge in [0.15, 0.2) is 0 Å². The van der Waals surface area contributed by atoms with E-state index in [0.717, 1.165) is 31.2 Å². The largest absolute Gasteiger partial charge is 0.461 e. The zero-order chi connectivity index (χ0) is 39.1. The van der Waals surface area contributed by atoms with Crippen molar-refractivity contribution < 1.29 is 38.2 Å². The SMILES string of the molecule is CCCCCCCCCCCC(CC(=O)OCc1ccccc1)OC(=O)[C@@H](NC(=O)[C@@H](CC(C)C)NC(=O)[C@@H](N)CC(=O)OC(C)(C)C)[C@@H](C)CC. The topological polar surface area (TPSA) is 163 Å². The number of esters is 3. The maximum Gasteiger partial charge on any atom is 0.329 e. The Labute approximate surface area is 313 Å². The first-order chi connectivity index (χ1) is 24.6. The van der Waals surface area contributed by atoms with Crippen molar-refractivity contribution in [3.63, 3.8) is 0 Å². The first-order valence-corrected chi connectivity index (χ1v) is 19.5. The second kappa shape index (κ2) is 25.5. The van der Waals surface area contributed by atoms with Crippen LogP contribution in [0.4, 0.5) is 0 Å². The van der Waals surface area contributed by atoms with E-state index < -0.39 is 59.6 Å². The van der Waals surface area contributed by atoms with E-state index in [2.05, 4.69) is 17.6 Å². The van der Waals surface area contributed by atoms with Gasteiger partial charge < -0.3 is 30.6 Å². The highest BCUT2D eigenvalue weighted by atomic mass is 16.6. The van der Waals surface area contributed by atoms with Gasteiger partial charge in [0.2, 0.25) is 11.8 Å². The van der Waals surface area contributed by atoms with Crippen molar-refractivity contribution in [2.75, 3.05) is 0 Å². The van der Waals surface area contributed by atoms with Crippen molar-refractivity contribution in [2.45, 2.75) is 182 Å². The molecule has 1 aromatic carbocycles. The lowest BCUT2D eigenvalue weighted by Gasteiger charge is -2.28. The lowest BCUT2D eigenvalue weighted by Crippen LogP contribution is -2.56. The zero-order valence-corrected chi connectivity index (χ0v) is 33.3. The average molecular weight is 732 g/mol. The van der Waals surface area contributed by atoms with E-state index in [-0.39, 0.29) is 37.7 Å². The highest BCUT2D eigenvalue weighted by molar-refractivity contribution is 5.93. The summed E-state index contributed by atoms with van der Waals surface area (Å²) in [6, 6.07) is 6.11. The summed E-state index contributed by atoms with van der Waals surface area (Å²) in [6.07, 6.45) is 10.3. The minimum atomic E-state index is -1.23. The Hall–Kier alpha value is -3.47. The molecule has 1 aromatic rings. The Balaban J connectivity index is 3.00. The van der Waals surface area contributed by atoms with Crippen LogP contribution in [-0.4, -0.2) is 59.6 Å². The number of carbonyl (C=O) groups excluding carboxylic acids is 5. The molecule has 0 aliphatic heterocycles. The summed E-state index contributed by atoms with van der Waals surface area (Å²) in [7, 11) is 0. The van der Waals surface area contributed by atoms with Gasteiger partial charge >= 0.3 is 17.9 Å². The minimum absolute atomic E-state index is 0.00903. The van der Waals surface area contributed by atoms with Crippen molar-refractivity contribution in [1.82, 2.24) is 10.6 Å². The summed E-state index contributed by atoms with van der Waals surface area (Å²) in [6.45, 7) is 15.0. The Morgan fingerprint density at radius 3 is 1.92 bits per heavy atom. The number of unbranched alkanes of at least 4 members (excludes halogenated alkanes) is 8. The third-order valence-corrected chi connectivity index (χ3v) is 8.80. The molecule has 0 radical (unpaired) electrons. The van der Waals surface area contributed by atoms with E-state index >= 15 is 0 Å². The zero-order valence-electron chi connectivity index (χ0n) is 33.3. The molecule has 5 atom stereocenters. The summed E-state index contributed by atoms with van der Waals surface area (Å²) in [4.78, 5) is 65.7. The molecule has 0 bridgehead atoms. The van der Waals surface area contributed by atoms with E-state index in [1.165, 1.54) is 32.1 Å². The van der Waals surface area contributed by atoms with Crippen LogP contribution in [0.3, 0.4) is 0 Å². The first kappa shape index (κ1) is 46.6. The average Bonchev–Trinajstić information content (AvgIpc) is 3.07. The van der Waals surface area contributed by atoms with Crippen LogP contribution in [0.1, 0.15) is 151 Å². The van der Waals surface area contributed by atoms with Gasteiger partial charge in [-0.2, -0.15) is 0 Å². The monoisotopic (exact) mass is 732 g/mol. The predicted octanol–water partition coefficient (Wildman–Crippen LogP) is 7.07. The molecule has 0 spiro atoms. The van der Waals surface area contributed by atoms with E-state index in [0.29, 0.717) is 12.8 Å². The maximum atomic E-state index is 13.8. The van der Waals surface area contributed by atoms with Crippen molar-refractivity contribution in [3.05, 3.63) is 35.9 Å². The number of amides is 2. The van der Waals surface area contributed by atoms with E-state index in [9.17, 15) is 24.0 Å². The van der Waals surface area contributed by atoms with Crippen LogP contribution < -0.4 is 16.4 Å². The molecule has 1 rings (SSSR count). The van der Waals surface area contributed by atoms with E-state index in [1.807, 2.05) is 58.0 Å². The molecule has 0 heterocycles. The molecule has 0 saturated heterocycles. The van der Waals surface area contributed by atoms with Crippen molar-refractivity contribution in [2.24, 2.45) is 17.6 Å². The second-order valence-corrected chi connectivity index (χ2v) is 15.5. The van der Waals surface area contributed by atoms with Gasteiger partial charge in [0.1, 0.15) is 30.4 Å². The smallest absolute Gasteiger partial charge is 0.329 e. The molecule has 0 aliphatic rings. The summed E-state index contributed by atoms with van der Waals surface area (Å²) in [5.74, 6) is -3.27. The van der Waals surface area contributed by atoms with Gasteiger partial charge in [0.25, 0.3) is 0 Å². The van der Waals surface area contributed by atoms with E-state index in [1.54, 1.807) is 20.8 Å². The molecule has 11 nitrogen and oxygen atoms in total. The molecule has 11 heteroatoms. The second-order valence-electron chi connectivity index (χ2n) is 15.5. The standard InChI is InChI=1S/C41H69N3O8/c1-9-11-12-13-14-15-16-17-21-24-32(26-35(45)50-28-31-22-19-18-20-23-31)51-40(49)37(30(5)10-2)44-39(48)34(25-29(3)4)43-38(47)33(42)27-36(46)52-41(6,7)8/h18-20,22-23,29-30,32-34,37H,9-17,21,24-28,42H2,1-8H3,(H,43,47)(H,44,48)/t30-,32?,33-,34+,37-/m0/s1. The third kappa shape index (κ3) is 21.2. The quantitative estimate of drug-likeness (QED) is 0.0514. The van der Waals surface area contributed by atoms with Gasteiger partial charge in [-0.05, 0) is 57.4 Å². The number of rotatable bonds is 26. The summed E-state index contributed by atoms with van der Waals surface area (Å²) in [5.41, 5.74) is 6.14. The van der Waals surface area contributed by atoms with Crippen molar-refractivity contribution >= 4 is 29.7 Å². The van der Waals surface area contributed by atoms with Crippen LogP contribution in [0.5, 0.6) is 0 Å². The molecule has 0 fully saturated rings. The summed E-state index contributed by atoms with van der Waals surface area (Å²) in [5, 5.41) is 5.50.